The van der Waals surface area contributed by atoms with Gasteiger partial charge in [0.05, 0.1) is 37.2 Å². The van der Waals surface area contributed by atoms with Crippen LogP contribution in [-0.2, 0) is 9.47 Å². The van der Waals surface area contributed by atoms with E-state index in [1.807, 2.05) is 11.0 Å². The second-order valence-corrected chi connectivity index (χ2v) is 4.80. The normalized spacial score (nSPS) is 17.4. The molecule has 114 valence electrons. The molecule has 1 aromatic carbocycles. The number of nitrogens with two attached hydrogens (primary N) is 1. The summed E-state index contributed by atoms with van der Waals surface area (Å²) in [6.45, 7) is 1.35. The van der Waals surface area contributed by atoms with E-state index >= 15 is 0 Å². The number of methoxy groups -OCH3 is 2. The summed E-state index contributed by atoms with van der Waals surface area (Å²) in [6, 6.07) is 5.24. The molecule has 1 heterocycles. The molecule has 1 unspecified atom stereocenters. The number of benzene rings is 1. The van der Waals surface area contributed by atoms with Gasteiger partial charge in [0.1, 0.15) is 0 Å². The Morgan fingerprint density at radius 1 is 1.33 bits per heavy atom. The number of nitrogens with zero attached hydrogens (tertiary/aromatic N) is 1. The topological polar surface area (TPSA) is 93.9 Å². The Morgan fingerprint density at radius 3 is 2.76 bits per heavy atom. The van der Waals surface area contributed by atoms with Crippen molar-refractivity contribution in [1.29, 1.82) is 0 Å². The number of alkyl carbamates (subject to hydrolysis) is 1. The van der Waals surface area contributed by atoms with E-state index in [1.54, 1.807) is 12.1 Å². The van der Waals surface area contributed by atoms with Crippen molar-refractivity contribution in [2.45, 2.75) is 12.5 Å². The number of anilines is 2. The number of nitrogen functional groups attached to an aromatic ring is 1. The van der Waals surface area contributed by atoms with Gasteiger partial charge < -0.3 is 25.4 Å². The Balaban J connectivity index is 2.13. The zero-order valence-corrected chi connectivity index (χ0v) is 12.1. The van der Waals surface area contributed by atoms with Gasteiger partial charge in [0.25, 0.3) is 0 Å². The molecule has 21 heavy (non-hydrogen) atoms. The molecule has 1 fully saturated rings. The van der Waals surface area contributed by atoms with Gasteiger partial charge in [-0.3, -0.25) is 0 Å². The zero-order chi connectivity index (χ0) is 15.4. The highest BCUT2D eigenvalue weighted by molar-refractivity contribution is 5.98. The number of nitrogens with one attached hydrogen (secondary N) is 1. The van der Waals surface area contributed by atoms with Crippen molar-refractivity contribution in [1.82, 2.24) is 5.32 Å². The smallest absolute Gasteiger partial charge is 0.407 e. The largest absolute Gasteiger partial charge is 0.465 e. The van der Waals surface area contributed by atoms with Crippen molar-refractivity contribution in [3.63, 3.8) is 0 Å². The Kier molecular flexibility index (Phi) is 4.52. The number of esters is 1. The Bertz CT molecular complexity index is 547. The number of carbonyl (C=O) groups is 2. The highest BCUT2D eigenvalue weighted by atomic mass is 16.5. The quantitative estimate of drug-likeness (QED) is 0.637. The second kappa shape index (κ2) is 6.34. The molecule has 1 aliphatic rings. The number of rotatable bonds is 3. The SMILES string of the molecule is COC(=O)NC1CCN(c2cccc(C(=O)OC)c2N)C1. The molecule has 1 aliphatic heterocycles. The third-order valence-corrected chi connectivity index (χ3v) is 3.52. The number of carbonyl (C=O) groups excluding carboxylic acids is 2. The molecule has 3 N–H and O–H groups in total. The van der Waals surface area contributed by atoms with Crippen LogP contribution in [0, 0.1) is 0 Å². The fourth-order valence-corrected chi connectivity index (χ4v) is 2.44. The average Bonchev–Trinajstić information content (AvgIpc) is 2.94. The van der Waals surface area contributed by atoms with Gasteiger partial charge in [-0.1, -0.05) is 6.07 Å². The number of hydrogen-bond donors (Lipinski definition) is 2. The summed E-state index contributed by atoms with van der Waals surface area (Å²) in [5.41, 5.74) is 7.57. The summed E-state index contributed by atoms with van der Waals surface area (Å²) in [4.78, 5) is 24.9. The second-order valence-electron chi connectivity index (χ2n) is 4.80. The molecular weight excluding hydrogens is 274 g/mol. The van der Waals surface area contributed by atoms with Crippen LogP contribution in [0.1, 0.15) is 16.8 Å². The maximum atomic E-state index is 11.7. The fraction of sp³-hybridized carbons (Fsp3) is 0.429. The van der Waals surface area contributed by atoms with Crippen molar-refractivity contribution in [3.05, 3.63) is 23.8 Å². The lowest BCUT2D eigenvalue weighted by Crippen LogP contribution is -2.37. The summed E-state index contributed by atoms with van der Waals surface area (Å²) >= 11 is 0. The molecule has 0 aromatic heterocycles. The number of hydrogen-bond acceptors (Lipinski definition) is 6. The lowest BCUT2D eigenvalue weighted by molar-refractivity contribution is 0.0602. The Morgan fingerprint density at radius 2 is 2.10 bits per heavy atom. The van der Waals surface area contributed by atoms with Gasteiger partial charge in [0, 0.05) is 13.1 Å². The highest BCUT2D eigenvalue weighted by Gasteiger charge is 2.26. The Labute approximate surface area is 123 Å². The first-order chi connectivity index (χ1) is 10.1. The zero-order valence-electron chi connectivity index (χ0n) is 12.1. The molecule has 0 radical (unpaired) electrons. The lowest BCUT2D eigenvalue weighted by atomic mass is 10.1. The minimum absolute atomic E-state index is 0.00127. The number of amides is 1. The van der Waals surface area contributed by atoms with Crippen LogP contribution in [0.3, 0.4) is 0 Å². The van der Waals surface area contributed by atoms with Gasteiger partial charge in [0.15, 0.2) is 0 Å². The van der Waals surface area contributed by atoms with Crippen LogP contribution in [0.25, 0.3) is 0 Å². The predicted molar refractivity (Wildman–Crippen MR) is 78.4 cm³/mol. The average molecular weight is 293 g/mol. The first-order valence-electron chi connectivity index (χ1n) is 6.63. The Hall–Kier alpha value is -2.44. The van der Waals surface area contributed by atoms with Crippen molar-refractivity contribution in [3.8, 4) is 0 Å². The summed E-state index contributed by atoms with van der Waals surface area (Å²) in [6.07, 6.45) is 0.343. The minimum Gasteiger partial charge on any atom is -0.465 e. The third-order valence-electron chi connectivity index (χ3n) is 3.52. The van der Waals surface area contributed by atoms with Crippen molar-refractivity contribution >= 4 is 23.4 Å². The van der Waals surface area contributed by atoms with E-state index in [1.165, 1.54) is 14.2 Å². The molecule has 1 saturated heterocycles. The molecule has 0 saturated carbocycles. The van der Waals surface area contributed by atoms with Crippen LogP contribution in [0.5, 0.6) is 0 Å². The first-order valence-corrected chi connectivity index (χ1v) is 6.63. The van der Waals surface area contributed by atoms with Crippen LogP contribution in [0.2, 0.25) is 0 Å². The summed E-state index contributed by atoms with van der Waals surface area (Å²) in [5.74, 6) is -0.460. The van der Waals surface area contributed by atoms with Crippen molar-refractivity contribution < 1.29 is 19.1 Å². The van der Waals surface area contributed by atoms with E-state index in [4.69, 9.17) is 10.5 Å². The minimum atomic E-state index is -0.460. The van der Waals surface area contributed by atoms with Crippen LogP contribution in [0.15, 0.2) is 18.2 Å². The van der Waals surface area contributed by atoms with E-state index in [-0.39, 0.29) is 6.04 Å². The lowest BCUT2D eigenvalue weighted by Gasteiger charge is -2.21. The molecule has 7 heteroatoms. The predicted octanol–water partition coefficient (Wildman–Crippen LogP) is 0.990. The van der Waals surface area contributed by atoms with Gasteiger partial charge in [-0.15, -0.1) is 0 Å². The maximum absolute atomic E-state index is 11.7. The summed E-state index contributed by atoms with van der Waals surface area (Å²) in [5, 5.41) is 2.76. The third kappa shape index (κ3) is 3.18. The first kappa shape index (κ1) is 15.0. The van der Waals surface area contributed by atoms with Gasteiger partial charge >= 0.3 is 12.1 Å². The molecule has 1 amide bonds. The van der Waals surface area contributed by atoms with E-state index in [0.29, 0.717) is 17.8 Å². The monoisotopic (exact) mass is 293 g/mol. The molecule has 0 bridgehead atoms. The maximum Gasteiger partial charge on any atom is 0.407 e. The van der Waals surface area contributed by atoms with Gasteiger partial charge in [0.2, 0.25) is 0 Å². The summed E-state index contributed by atoms with van der Waals surface area (Å²) < 4.78 is 9.30. The van der Waals surface area contributed by atoms with Gasteiger partial charge in [-0.05, 0) is 18.6 Å². The molecule has 7 nitrogen and oxygen atoms in total. The van der Waals surface area contributed by atoms with Crippen LogP contribution < -0.4 is 16.0 Å². The molecular formula is C14H19N3O4. The summed E-state index contributed by atoms with van der Waals surface area (Å²) in [7, 11) is 2.65. The van der Waals surface area contributed by atoms with Gasteiger partial charge in [-0.25, -0.2) is 9.59 Å². The molecule has 1 atom stereocenters. The van der Waals surface area contributed by atoms with Crippen molar-refractivity contribution in [2.24, 2.45) is 0 Å². The highest BCUT2D eigenvalue weighted by Crippen LogP contribution is 2.29. The van der Waals surface area contributed by atoms with E-state index in [9.17, 15) is 9.59 Å². The van der Waals surface area contributed by atoms with Gasteiger partial charge in [-0.2, -0.15) is 0 Å². The van der Waals surface area contributed by atoms with Crippen LogP contribution in [-0.4, -0.2) is 45.4 Å². The van der Waals surface area contributed by atoms with E-state index < -0.39 is 12.1 Å². The van der Waals surface area contributed by atoms with Crippen LogP contribution >= 0.6 is 0 Å². The number of ether oxygens (including phenoxy) is 2. The van der Waals surface area contributed by atoms with Crippen molar-refractivity contribution in [2.75, 3.05) is 37.9 Å². The fourth-order valence-electron chi connectivity index (χ4n) is 2.44. The number of para-hydroxylation sites is 1. The standard InChI is InChI=1S/C14H19N3O4/c1-20-13(18)10-4-3-5-11(12(10)15)17-7-6-9(8-17)16-14(19)21-2/h3-5,9H,6-8,15H2,1-2H3,(H,16,19). The molecule has 0 spiro atoms. The van der Waals surface area contributed by atoms with E-state index in [0.717, 1.165) is 18.7 Å². The van der Waals surface area contributed by atoms with E-state index in [2.05, 4.69) is 10.1 Å². The molecule has 1 aromatic rings. The van der Waals surface area contributed by atoms with Crippen LogP contribution in [0.4, 0.5) is 16.2 Å². The molecule has 0 aliphatic carbocycles. The molecule has 2 rings (SSSR count).